The number of rotatable bonds is 4. The summed E-state index contributed by atoms with van der Waals surface area (Å²) < 4.78 is 0. The van der Waals surface area contributed by atoms with Crippen LogP contribution in [0.1, 0.15) is 15.9 Å². The van der Waals surface area contributed by atoms with Gasteiger partial charge in [-0.2, -0.15) is 0 Å². The number of hydrogen-bond donors (Lipinski definition) is 2. The number of carboxylic acids is 1. The van der Waals surface area contributed by atoms with Crippen molar-refractivity contribution in [2.45, 2.75) is 6.92 Å². The first-order chi connectivity index (χ1) is 9.91. The number of anilines is 2. The van der Waals surface area contributed by atoms with Gasteiger partial charge in [0.15, 0.2) is 0 Å². The minimum absolute atomic E-state index is 0.0915. The fraction of sp³-hybridized carbons (Fsp3) is 0.0714. The molecular weight excluding hydrogens is 296 g/mol. The fourth-order valence-corrected chi connectivity index (χ4v) is 2.19. The molecule has 2 rings (SSSR count). The lowest BCUT2D eigenvalue weighted by Gasteiger charge is -2.13. The van der Waals surface area contributed by atoms with Gasteiger partial charge in [0.1, 0.15) is 5.69 Å². The normalized spacial score (nSPS) is 10.2. The van der Waals surface area contributed by atoms with Gasteiger partial charge in [0.25, 0.3) is 5.69 Å². The molecule has 0 atom stereocenters. The lowest BCUT2D eigenvalue weighted by Crippen LogP contribution is -2.06. The zero-order valence-electron chi connectivity index (χ0n) is 11.0. The maximum Gasteiger partial charge on any atom is 0.338 e. The summed E-state index contributed by atoms with van der Waals surface area (Å²) >= 11 is 6.06. The minimum Gasteiger partial charge on any atom is -0.478 e. The third-order valence-electron chi connectivity index (χ3n) is 2.94. The van der Waals surface area contributed by atoms with Gasteiger partial charge in [-0.25, -0.2) is 4.79 Å². The number of nitrogens with one attached hydrogen (secondary N) is 1. The molecule has 0 fully saturated rings. The Kier molecular flexibility index (Phi) is 4.09. The zero-order valence-corrected chi connectivity index (χ0v) is 11.7. The van der Waals surface area contributed by atoms with Crippen molar-refractivity contribution < 1.29 is 14.8 Å². The quantitative estimate of drug-likeness (QED) is 0.658. The molecule has 0 aliphatic carbocycles. The predicted molar refractivity (Wildman–Crippen MR) is 79.5 cm³/mol. The molecule has 0 saturated heterocycles. The van der Waals surface area contributed by atoms with Crippen molar-refractivity contribution in [3.8, 4) is 0 Å². The highest BCUT2D eigenvalue weighted by atomic mass is 35.5. The maximum atomic E-state index is 11.3. The molecule has 7 heteroatoms. The van der Waals surface area contributed by atoms with Crippen LogP contribution in [-0.2, 0) is 0 Å². The molecule has 2 aromatic rings. The molecular formula is C14H11ClN2O4. The van der Waals surface area contributed by atoms with Crippen molar-refractivity contribution >= 4 is 34.6 Å². The highest BCUT2D eigenvalue weighted by Gasteiger charge is 2.22. The van der Waals surface area contributed by atoms with E-state index in [-0.39, 0.29) is 16.9 Å². The smallest absolute Gasteiger partial charge is 0.338 e. The van der Waals surface area contributed by atoms with E-state index in [9.17, 15) is 20.0 Å². The van der Waals surface area contributed by atoms with Gasteiger partial charge < -0.3 is 10.4 Å². The van der Waals surface area contributed by atoms with E-state index >= 15 is 0 Å². The van der Waals surface area contributed by atoms with Gasteiger partial charge in [-0.3, -0.25) is 10.1 Å². The van der Waals surface area contributed by atoms with E-state index in [1.54, 1.807) is 25.1 Å². The molecule has 6 nitrogen and oxygen atoms in total. The summed E-state index contributed by atoms with van der Waals surface area (Å²) in [4.78, 5) is 21.7. The SMILES string of the molecule is Cc1cccc(Cl)c1Nc1c(C(=O)O)cccc1[N+](=O)[O-]. The van der Waals surface area contributed by atoms with Crippen molar-refractivity contribution in [1.29, 1.82) is 0 Å². The van der Waals surface area contributed by atoms with Crippen LogP contribution in [-0.4, -0.2) is 16.0 Å². The Labute approximate surface area is 125 Å². The van der Waals surface area contributed by atoms with Gasteiger partial charge in [0, 0.05) is 6.07 Å². The van der Waals surface area contributed by atoms with Crippen molar-refractivity contribution in [3.63, 3.8) is 0 Å². The zero-order chi connectivity index (χ0) is 15.6. The second-order valence-corrected chi connectivity index (χ2v) is 4.73. The second kappa shape index (κ2) is 5.80. The van der Waals surface area contributed by atoms with Gasteiger partial charge in [-0.1, -0.05) is 29.8 Å². The van der Waals surface area contributed by atoms with Crippen LogP contribution in [0.2, 0.25) is 5.02 Å². The van der Waals surface area contributed by atoms with E-state index in [1.807, 2.05) is 0 Å². The summed E-state index contributed by atoms with van der Waals surface area (Å²) in [6.07, 6.45) is 0. The highest BCUT2D eigenvalue weighted by molar-refractivity contribution is 6.33. The average molecular weight is 307 g/mol. The van der Waals surface area contributed by atoms with Gasteiger partial charge in [0.2, 0.25) is 0 Å². The number of halogens is 1. The van der Waals surface area contributed by atoms with E-state index in [1.165, 1.54) is 18.2 Å². The van der Waals surface area contributed by atoms with Gasteiger partial charge in [-0.15, -0.1) is 0 Å². The first-order valence-corrected chi connectivity index (χ1v) is 6.32. The Balaban J connectivity index is 2.62. The molecule has 0 heterocycles. The number of benzene rings is 2. The van der Waals surface area contributed by atoms with Crippen LogP contribution in [0.25, 0.3) is 0 Å². The summed E-state index contributed by atoms with van der Waals surface area (Å²) in [5.41, 5.74) is 0.580. The molecule has 108 valence electrons. The van der Waals surface area contributed by atoms with E-state index in [0.717, 1.165) is 5.56 Å². The van der Waals surface area contributed by atoms with Crippen LogP contribution in [0.4, 0.5) is 17.1 Å². The molecule has 0 spiro atoms. The summed E-state index contributed by atoms with van der Waals surface area (Å²) in [5, 5.41) is 23.4. The van der Waals surface area contributed by atoms with Crippen LogP contribution in [0, 0.1) is 17.0 Å². The molecule has 0 saturated carbocycles. The van der Waals surface area contributed by atoms with Gasteiger partial charge >= 0.3 is 5.97 Å². The predicted octanol–water partition coefficient (Wildman–Crippen LogP) is 4.00. The second-order valence-electron chi connectivity index (χ2n) is 4.32. The topological polar surface area (TPSA) is 92.5 Å². The highest BCUT2D eigenvalue weighted by Crippen LogP contribution is 2.35. The fourth-order valence-electron chi connectivity index (χ4n) is 1.92. The first kappa shape index (κ1) is 14.8. The average Bonchev–Trinajstić information content (AvgIpc) is 2.42. The van der Waals surface area contributed by atoms with Crippen molar-refractivity contribution in [1.82, 2.24) is 0 Å². The molecule has 0 amide bonds. The van der Waals surface area contributed by atoms with Gasteiger partial charge in [-0.05, 0) is 24.6 Å². The molecule has 0 bridgehead atoms. The molecule has 0 aromatic heterocycles. The number of nitrogens with zero attached hydrogens (tertiary/aromatic N) is 1. The summed E-state index contributed by atoms with van der Waals surface area (Å²) in [6, 6.07) is 8.98. The third-order valence-corrected chi connectivity index (χ3v) is 3.26. The van der Waals surface area contributed by atoms with Crippen molar-refractivity contribution in [2.24, 2.45) is 0 Å². The summed E-state index contributed by atoms with van der Waals surface area (Å²) in [5.74, 6) is -1.26. The number of hydrogen-bond acceptors (Lipinski definition) is 4. The monoisotopic (exact) mass is 306 g/mol. The molecule has 0 radical (unpaired) electrons. The molecule has 0 aliphatic heterocycles. The lowest BCUT2D eigenvalue weighted by atomic mass is 10.1. The number of carboxylic acid groups (broad SMARTS) is 1. The Morgan fingerprint density at radius 2 is 1.90 bits per heavy atom. The number of nitro benzene ring substituents is 1. The third kappa shape index (κ3) is 2.95. The first-order valence-electron chi connectivity index (χ1n) is 5.94. The maximum absolute atomic E-state index is 11.3. The molecule has 2 N–H and O–H groups in total. The Morgan fingerprint density at radius 1 is 1.24 bits per heavy atom. The molecule has 0 aliphatic rings. The van der Waals surface area contributed by atoms with E-state index in [2.05, 4.69) is 5.32 Å². The summed E-state index contributed by atoms with van der Waals surface area (Å²) in [7, 11) is 0. The Bertz CT molecular complexity index is 678. The van der Waals surface area contributed by atoms with Crippen molar-refractivity contribution in [2.75, 3.05) is 5.32 Å². The van der Waals surface area contributed by atoms with E-state index < -0.39 is 10.9 Å². The largest absolute Gasteiger partial charge is 0.478 e. The van der Waals surface area contributed by atoms with Gasteiger partial charge in [0.05, 0.1) is 21.2 Å². The number of aryl methyl sites for hydroxylation is 1. The van der Waals surface area contributed by atoms with E-state index in [4.69, 9.17) is 11.6 Å². The lowest BCUT2D eigenvalue weighted by molar-refractivity contribution is -0.383. The molecule has 2 aromatic carbocycles. The standard InChI is InChI=1S/C14H11ClN2O4/c1-8-4-2-6-10(15)12(8)16-13-9(14(18)19)5-3-7-11(13)17(20)21/h2-7,16H,1H3,(H,18,19). The van der Waals surface area contributed by atoms with Crippen molar-refractivity contribution in [3.05, 3.63) is 62.7 Å². The van der Waals surface area contributed by atoms with Crippen LogP contribution >= 0.6 is 11.6 Å². The van der Waals surface area contributed by atoms with Crippen LogP contribution in [0.3, 0.4) is 0 Å². The van der Waals surface area contributed by atoms with Crippen LogP contribution in [0.15, 0.2) is 36.4 Å². The Morgan fingerprint density at radius 3 is 2.48 bits per heavy atom. The number of para-hydroxylation sites is 2. The van der Waals surface area contributed by atoms with E-state index in [0.29, 0.717) is 10.7 Å². The number of aromatic carboxylic acids is 1. The minimum atomic E-state index is -1.26. The molecule has 21 heavy (non-hydrogen) atoms. The number of nitro groups is 1. The molecule has 0 unspecified atom stereocenters. The summed E-state index contributed by atoms with van der Waals surface area (Å²) in [6.45, 7) is 1.77. The number of carbonyl (C=O) groups is 1. The van der Waals surface area contributed by atoms with Crippen LogP contribution in [0.5, 0.6) is 0 Å². The van der Waals surface area contributed by atoms with Crippen LogP contribution < -0.4 is 5.32 Å². The Hall–Kier alpha value is -2.60.